The quantitative estimate of drug-likeness (QED) is 0.813. The fraction of sp³-hybridized carbons (Fsp3) is 0.375. The summed E-state index contributed by atoms with van der Waals surface area (Å²) in [4.78, 5) is 16.3. The van der Waals surface area contributed by atoms with Crippen LogP contribution >= 0.6 is 24.8 Å². The Hall–Kier alpha value is -1.96. The third-order valence-electron chi connectivity index (χ3n) is 3.60. The van der Waals surface area contributed by atoms with E-state index in [2.05, 4.69) is 10.3 Å². The third-order valence-corrected chi connectivity index (χ3v) is 3.60. The molecule has 0 fully saturated rings. The molecule has 138 valence electrons. The topological polar surface area (TPSA) is 99.6 Å². The Kier molecular flexibility index (Phi) is 8.02. The van der Waals surface area contributed by atoms with E-state index in [1.54, 1.807) is 12.1 Å². The van der Waals surface area contributed by atoms with E-state index < -0.39 is 0 Å². The molecule has 2 aromatic rings. The maximum absolute atomic E-state index is 12.3. The number of rotatable bonds is 5. The first-order chi connectivity index (χ1) is 11.2. The largest absolute Gasteiger partial charge is 0.486 e. The average Bonchev–Trinajstić information content (AvgIpc) is 3.08. The normalized spacial score (nSPS) is 13.2. The van der Waals surface area contributed by atoms with Crippen molar-refractivity contribution >= 4 is 30.7 Å². The summed E-state index contributed by atoms with van der Waals surface area (Å²) in [5.41, 5.74) is 6.50. The van der Waals surface area contributed by atoms with E-state index in [1.165, 1.54) is 6.39 Å². The Morgan fingerprint density at radius 2 is 2.00 bits per heavy atom. The number of oxazole rings is 1. The van der Waals surface area contributed by atoms with Crippen LogP contribution in [0.4, 0.5) is 0 Å². The number of hydrogen-bond donors (Lipinski definition) is 2. The number of benzene rings is 1. The standard InChI is InChI=1S/C16H19N3O4.2ClH/c1-10(7-17)8-18-16(20)14-15(23-9-19-14)11-2-3-12-13(6-11)22-5-4-21-12;;/h2-3,6,9-10H,4-5,7-8,17H2,1H3,(H,18,20);2*1H. The second-order valence-corrected chi connectivity index (χ2v) is 5.44. The van der Waals surface area contributed by atoms with Crippen LogP contribution < -0.4 is 20.5 Å². The van der Waals surface area contributed by atoms with Gasteiger partial charge in [-0.15, -0.1) is 24.8 Å². The van der Waals surface area contributed by atoms with Crippen LogP contribution in [0.1, 0.15) is 17.4 Å². The van der Waals surface area contributed by atoms with E-state index >= 15 is 0 Å². The molecule has 1 amide bonds. The van der Waals surface area contributed by atoms with Gasteiger partial charge in [-0.25, -0.2) is 4.98 Å². The Morgan fingerprint density at radius 1 is 1.28 bits per heavy atom. The number of nitrogens with two attached hydrogens (primary N) is 1. The SMILES string of the molecule is CC(CN)CNC(=O)c1ncoc1-c1ccc2c(c1)OCCO2.Cl.Cl. The first-order valence-corrected chi connectivity index (χ1v) is 7.51. The van der Waals surface area contributed by atoms with Gasteiger partial charge in [-0.05, 0) is 30.7 Å². The molecule has 1 aromatic carbocycles. The summed E-state index contributed by atoms with van der Waals surface area (Å²) in [5.74, 6) is 1.63. The van der Waals surface area contributed by atoms with E-state index in [4.69, 9.17) is 19.6 Å². The number of ether oxygens (including phenoxy) is 2. The van der Waals surface area contributed by atoms with Gasteiger partial charge >= 0.3 is 0 Å². The summed E-state index contributed by atoms with van der Waals surface area (Å²) >= 11 is 0. The highest BCUT2D eigenvalue weighted by Gasteiger charge is 2.21. The van der Waals surface area contributed by atoms with Gasteiger partial charge in [0.25, 0.3) is 5.91 Å². The van der Waals surface area contributed by atoms with E-state index in [1.807, 2.05) is 13.0 Å². The molecule has 25 heavy (non-hydrogen) atoms. The molecule has 0 saturated heterocycles. The van der Waals surface area contributed by atoms with Crippen molar-refractivity contribution in [3.05, 3.63) is 30.3 Å². The van der Waals surface area contributed by atoms with Crippen molar-refractivity contribution < 1.29 is 18.7 Å². The number of hydrogen-bond acceptors (Lipinski definition) is 6. The fourth-order valence-corrected chi connectivity index (χ4v) is 2.23. The summed E-state index contributed by atoms with van der Waals surface area (Å²) in [5, 5.41) is 2.81. The van der Waals surface area contributed by atoms with Crippen molar-refractivity contribution in [2.24, 2.45) is 11.7 Å². The smallest absolute Gasteiger partial charge is 0.273 e. The number of carbonyl (C=O) groups excluding carboxylic acids is 1. The van der Waals surface area contributed by atoms with Gasteiger partial charge in [0.15, 0.2) is 29.3 Å². The highest BCUT2D eigenvalue weighted by molar-refractivity contribution is 5.97. The lowest BCUT2D eigenvalue weighted by Crippen LogP contribution is -2.31. The van der Waals surface area contributed by atoms with Gasteiger partial charge in [0.05, 0.1) is 0 Å². The average molecular weight is 390 g/mol. The lowest BCUT2D eigenvalue weighted by Gasteiger charge is -2.18. The van der Waals surface area contributed by atoms with Gasteiger partial charge in [-0.1, -0.05) is 6.92 Å². The molecule has 1 unspecified atom stereocenters. The van der Waals surface area contributed by atoms with Gasteiger partial charge in [-0.3, -0.25) is 4.79 Å². The summed E-state index contributed by atoms with van der Waals surface area (Å²) < 4.78 is 16.4. The lowest BCUT2D eigenvalue weighted by molar-refractivity contribution is 0.0944. The number of carbonyl (C=O) groups is 1. The predicted octanol–water partition coefficient (Wildman–Crippen LogP) is 2.28. The van der Waals surface area contributed by atoms with Crippen LogP contribution in [0.5, 0.6) is 11.5 Å². The summed E-state index contributed by atoms with van der Waals surface area (Å²) in [6, 6.07) is 5.39. The zero-order valence-electron chi connectivity index (χ0n) is 13.7. The lowest BCUT2D eigenvalue weighted by atomic mass is 10.1. The van der Waals surface area contributed by atoms with Crippen molar-refractivity contribution in [3.8, 4) is 22.8 Å². The molecule has 7 nitrogen and oxygen atoms in total. The van der Waals surface area contributed by atoms with Crippen LogP contribution in [0.15, 0.2) is 29.0 Å². The maximum atomic E-state index is 12.3. The van der Waals surface area contributed by atoms with Crippen molar-refractivity contribution in [1.29, 1.82) is 0 Å². The van der Waals surface area contributed by atoms with Crippen LogP contribution in [-0.2, 0) is 0 Å². The highest BCUT2D eigenvalue weighted by Crippen LogP contribution is 2.35. The first kappa shape index (κ1) is 21.1. The van der Waals surface area contributed by atoms with Gasteiger partial charge in [0.2, 0.25) is 0 Å². The van der Waals surface area contributed by atoms with E-state index in [9.17, 15) is 4.79 Å². The summed E-state index contributed by atoms with van der Waals surface area (Å²) in [6.07, 6.45) is 1.26. The number of nitrogens with one attached hydrogen (secondary N) is 1. The highest BCUT2D eigenvalue weighted by atomic mass is 35.5. The van der Waals surface area contributed by atoms with Crippen LogP contribution in [0, 0.1) is 5.92 Å². The molecular weight excluding hydrogens is 369 g/mol. The molecule has 1 aromatic heterocycles. The van der Waals surface area contributed by atoms with Gasteiger partial charge in [0.1, 0.15) is 13.2 Å². The van der Waals surface area contributed by atoms with Crippen LogP contribution in [0.25, 0.3) is 11.3 Å². The molecule has 0 aliphatic carbocycles. The Labute approximate surface area is 158 Å². The molecular formula is C16H21Cl2N3O4. The summed E-state index contributed by atoms with van der Waals surface area (Å²) in [7, 11) is 0. The predicted molar refractivity (Wildman–Crippen MR) is 98.0 cm³/mol. The number of halogens is 2. The van der Waals surface area contributed by atoms with Gasteiger partial charge in [0, 0.05) is 12.1 Å². The molecule has 1 aliphatic heterocycles. The molecule has 2 heterocycles. The minimum atomic E-state index is -0.288. The van der Waals surface area contributed by atoms with Crippen LogP contribution in [0.3, 0.4) is 0 Å². The maximum Gasteiger partial charge on any atom is 0.273 e. The van der Waals surface area contributed by atoms with Crippen molar-refractivity contribution in [2.45, 2.75) is 6.92 Å². The number of aromatic nitrogens is 1. The van der Waals surface area contributed by atoms with E-state index in [-0.39, 0.29) is 42.3 Å². The molecule has 0 bridgehead atoms. The Bertz CT molecular complexity index is 708. The van der Waals surface area contributed by atoms with Crippen molar-refractivity contribution in [1.82, 2.24) is 10.3 Å². The monoisotopic (exact) mass is 389 g/mol. The second kappa shape index (κ2) is 9.50. The van der Waals surface area contributed by atoms with Crippen LogP contribution in [-0.4, -0.2) is 37.2 Å². The molecule has 1 aliphatic rings. The van der Waals surface area contributed by atoms with Gasteiger partial charge in [-0.2, -0.15) is 0 Å². The van der Waals surface area contributed by atoms with Crippen molar-refractivity contribution in [3.63, 3.8) is 0 Å². The van der Waals surface area contributed by atoms with Crippen molar-refractivity contribution in [2.75, 3.05) is 26.3 Å². The minimum absolute atomic E-state index is 0. The first-order valence-electron chi connectivity index (χ1n) is 7.51. The third kappa shape index (κ3) is 4.78. The molecule has 0 spiro atoms. The molecule has 0 saturated carbocycles. The van der Waals surface area contributed by atoms with E-state index in [0.29, 0.717) is 49.1 Å². The Balaban J connectivity index is 0.00000156. The molecule has 9 heteroatoms. The van der Waals surface area contributed by atoms with Gasteiger partial charge < -0.3 is 24.9 Å². The van der Waals surface area contributed by atoms with E-state index in [0.717, 1.165) is 0 Å². The molecule has 3 rings (SSSR count). The fourth-order valence-electron chi connectivity index (χ4n) is 2.23. The molecule has 3 N–H and O–H groups in total. The number of amides is 1. The second-order valence-electron chi connectivity index (χ2n) is 5.44. The Morgan fingerprint density at radius 3 is 2.72 bits per heavy atom. The minimum Gasteiger partial charge on any atom is -0.486 e. The number of nitrogens with zero attached hydrogens (tertiary/aromatic N) is 1. The molecule has 1 atom stereocenters. The zero-order chi connectivity index (χ0) is 16.2. The number of fused-ring (bicyclic) bond motifs is 1. The molecule has 0 radical (unpaired) electrons. The van der Waals surface area contributed by atoms with Crippen LogP contribution in [0.2, 0.25) is 0 Å². The summed E-state index contributed by atoms with van der Waals surface area (Å²) in [6.45, 7) is 3.99. The zero-order valence-corrected chi connectivity index (χ0v) is 15.3.